The van der Waals surface area contributed by atoms with Gasteiger partial charge in [0.25, 0.3) is 0 Å². The molecule has 0 fully saturated rings. The minimum absolute atomic E-state index is 0.104. The fourth-order valence-electron chi connectivity index (χ4n) is 4.48. The van der Waals surface area contributed by atoms with Crippen molar-refractivity contribution in [3.63, 3.8) is 0 Å². The number of esters is 1. The lowest BCUT2D eigenvalue weighted by molar-refractivity contribution is -0.143. The summed E-state index contributed by atoms with van der Waals surface area (Å²) in [5, 5.41) is 0. The van der Waals surface area contributed by atoms with Gasteiger partial charge in [-0.25, -0.2) is 8.42 Å². The van der Waals surface area contributed by atoms with Crippen molar-refractivity contribution < 1.29 is 44.3 Å². The number of carbonyl (C=O) groups is 1. The molecule has 200 valence electrons. The molecule has 0 amide bonds. The molecule has 6 nitrogen and oxygen atoms in total. The van der Waals surface area contributed by atoms with Gasteiger partial charge in [-0.2, -0.15) is 30.6 Å². The van der Waals surface area contributed by atoms with Gasteiger partial charge < -0.3 is 4.74 Å². The number of nitrogens with zero attached hydrogens (tertiary/aromatic N) is 2. The maximum Gasteiger partial charge on any atom is 0.416 e. The number of carbonyl (C=O) groups excluding carboxylic acids is 1. The van der Waals surface area contributed by atoms with E-state index in [-0.39, 0.29) is 36.6 Å². The van der Waals surface area contributed by atoms with Crippen molar-refractivity contribution in [2.24, 2.45) is 4.99 Å². The zero-order valence-electron chi connectivity index (χ0n) is 19.6. The van der Waals surface area contributed by atoms with Crippen molar-refractivity contribution in [1.29, 1.82) is 0 Å². The third-order valence-electron chi connectivity index (χ3n) is 6.51. The average molecular weight is 541 g/mol. The number of ether oxygens (including phenoxy) is 1. The second-order valence-electron chi connectivity index (χ2n) is 8.82. The molecular formula is C23H26F6N2O4S. The van der Waals surface area contributed by atoms with Crippen LogP contribution in [-0.2, 0) is 31.9 Å². The molecule has 1 heterocycles. The normalized spacial score (nSPS) is 21.4. The third-order valence-corrected chi connectivity index (χ3v) is 8.36. The van der Waals surface area contributed by atoms with E-state index >= 15 is 0 Å². The second-order valence-corrected chi connectivity index (χ2v) is 10.8. The highest BCUT2D eigenvalue weighted by atomic mass is 32.2. The molecule has 0 saturated carbocycles. The number of halogens is 6. The Morgan fingerprint density at radius 2 is 1.67 bits per heavy atom. The topological polar surface area (TPSA) is 76.0 Å². The van der Waals surface area contributed by atoms with Crippen LogP contribution in [0.25, 0.3) is 0 Å². The highest BCUT2D eigenvalue weighted by molar-refractivity contribution is 7.89. The van der Waals surface area contributed by atoms with Gasteiger partial charge in [0.1, 0.15) is 0 Å². The summed E-state index contributed by atoms with van der Waals surface area (Å²) < 4.78 is 112. The zero-order valence-corrected chi connectivity index (χ0v) is 20.4. The molecule has 0 bridgehead atoms. The predicted octanol–water partition coefficient (Wildman–Crippen LogP) is 5.38. The van der Waals surface area contributed by atoms with Crippen LogP contribution in [0, 0.1) is 0 Å². The number of alkyl halides is 6. The first-order valence-corrected chi connectivity index (χ1v) is 12.7. The summed E-state index contributed by atoms with van der Waals surface area (Å²) in [6, 6.07) is -0.653. The SMILES string of the molecule is COC(=O)CCC1CCC2=C(C=N1)C(N(C)S(=O)(=O)c1cc(C(F)(F)F)cc(C(F)(F)F)c1)CCC2. The van der Waals surface area contributed by atoms with E-state index in [9.17, 15) is 39.6 Å². The lowest BCUT2D eigenvalue weighted by Crippen LogP contribution is -2.40. The van der Waals surface area contributed by atoms with Gasteiger partial charge in [0.05, 0.1) is 35.2 Å². The Morgan fingerprint density at radius 1 is 1.06 bits per heavy atom. The van der Waals surface area contributed by atoms with Crippen molar-refractivity contribution in [3.8, 4) is 0 Å². The average Bonchev–Trinajstić information content (AvgIpc) is 3.03. The van der Waals surface area contributed by atoms with Gasteiger partial charge in [-0.3, -0.25) is 9.79 Å². The molecule has 2 aliphatic rings. The number of methoxy groups -OCH3 is 1. The Kier molecular flexibility index (Phi) is 8.23. The molecule has 1 aromatic carbocycles. The highest BCUT2D eigenvalue weighted by Crippen LogP contribution is 2.39. The van der Waals surface area contributed by atoms with Crippen LogP contribution in [0.4, 0.5) is 26.3 Å². The molecule has 0 saturated heterocycles. The monoisotopic (exact) mass is 540 g/mol. The van der Waals surface area contributed by atoms with E-state index in [4.69, 9.17) is 0 Å². The van der Waals surface area contributed by atoms with Crippen molar-refractivity contribution in [1.82, 2.24) is 4.31 Å². The number of sulfonamides is 1. The largest absolute Gasteiger partial charge is 0.469 e. The molecule has 2 atom stereocenters. The number of likely N-dealkylation sites (N-methyl/N-ethyl adjacent to an activating group) is 1. The third kappa shape index (κ3) is 6.28. The standard InChI is InChI=1S/C23H26F6N2O4S/c1-31(36(33,34)18-11-15(22(24,25)26)10-16(12-18)23(27,28)29)20-5-3-4-14-6-7-17(30-13-19(14)20)8-9-21(32)35-2/h10-13,17,20H,3-9H2,1-2H3. The summed E-state index contributed by atoms with van der Waals surface area (Å²) in [5.74, 6) is -0.379. The minimum atomic E-state index is -5.17. The van der Waals surface area contributed by atoms with E-state index in [1.165, 1.54) is 13.3 Å². The summed E-state index contributed by atoms with van der Waals surface area (Å²) in [6.45, 7) is 0. The number of allylic oxidation sites excluding steroid dienone is 1. The van der Waals surface area contributed by atoms with Crippen LogP contribution in [0.1, 0.15) is 56.1 Å². The molecule has 1 aliphatic carbocycles. The summed E-state index contributed by atoms with van der Waals surface area (Å²) in [5.41, 5.74) is -1.86. The molecule has 0 radical (unpaired) electrons. The first-order valence-electron chi connectivity index (χ1n) is 11.2. The van der Waals surface area contributed by atoms with E-state index in [0.717, 1.165) is 16.9 Å². The van der Waals surface area contributed by atoms with Crippen LogP contribution >= 0.6 is 0 Å². The van der Waals surface area contributed by atoms with Gasteiger partial charge in [0.2, 0.25) is 10.0 Å². The van der Waals surface area contributed by atoms with Crippen LogP contribution in [0.15, 0.2) is 39.2 Å². The minimum Gasteiger partial charge on any atom is -0.469 e. The number of hydrogen-bond acceptors (Lipinski definition) is 5. The van der Waals surface area contributed by atoms with Crippen LogP contribution in [-0.4, -0.2) is 51.1 Å². The van der Waals surface area contributed by atoms with Gasteiger partial charge in [0.15, 0.2) is 0 Å². The maximum atomic E-state index is 13.3. The van der Waals surface area contributed by atoms with E-state index < -0.39 is 44.4 Å². The van der Waals surface area contributed by atoms with Crippen molar-refractivity contribution in [3.05, 3.63) is 40.5 Å². The molecule has 36 heavy (non-hydrogen) atoms. The molecule has 13 heteroatoms. The maximum absolute atomic E-state index is 13.3. The van der Waals surface area contributed by atoms with Crippen LogP contribution in [0.5, 0.6) is 0 Å². The Hall–Kier alpha value is -2.41. The number of benzene rings is 1. The van der Waals surface area contributed by atoms with Gasteiger partial charge in [-0.1, -0.05) is 5.57 Å². The first-order chi connectivity index (χ1) is 16.6. The number of rotatable bonds is 6. The fraction of sp³-hybridized carbons (Fsp3) is 0.565. The quantitative estimate of drug-likeness (QED) is 0.359. The molecule has 1 aliphatic heterocycles. The van der Waals surface area contributed by atoms with E-state index in [0.29, 0.717) is 44.1 Å². The Morgan fingerprint density at radius 3 is 2.22 bits per heavy atom. The molecular weight excluding hydrogens is 514 g/mol. The van der Waals surface area contributed by atoms with Crippen molar-refractivity contribution >= 4 is 22.2 Å². The molecule has 0 spiro atoms. The smallest absolute Gasteiger partial charge is 0.416 e. The predicted molar refractivity (Wildman–Crippen MR) is 119 cm³/mol. The van der Waals surface area contributed by atoms with E-state index in [2.05, 4.69) is 9.73 Å². The lowest BCUT2D eigenvalue weighted by Gasteiger charge is -2.33. The number of aliphatic imine (C=N–C) groups is 1. The number of hydrogen-bond donors (Lipinski definition) is 0. The fourth-order valence-corrected chi connectivity index (χ4v) is 5.92. The second kappa shape index (κ2) is 10.5. The molecule has 3 rings (SSSR count). The Balaban J connectivity index is 1.95. The first kappa shape index (κ1) is 28.2. The summed E-state index contributed by atoms with van der Waals surface area (Å²) >= 11 is 0. The van der Waals surface area contributed by atoms with Gasteiger partial charge >= 0.3 is 18.3 Å². The van der Waals surface area contributed by atoms with E-state index in [1.807, 2.05) is 0 Å². The molecule has 0 N–H and O–H groups in total. The van der Waals surface area contributed by atoms with Crippen LogP contribution in [0.2, 0.25) is 0 Å². The molecule has 2 unspecified atom stereocenters. The van der Waals surface area contributed by atoms with Gasteiger partial charge in [0, 0.05) is 19.7 Å². The van der Waals surface area contributed by atoms with Gasteiger partial charge in [-0.15, -0.1) is 0 Å². The van der Waals surface area contributed by atoms with Crippen LogP contribution < -0.4 is 0 Å². The summed E-state index contributed by atoms with van der Waals surface area (Å²) in [4.78, 5) is 14.9. The lowest BCUT2D eigenvalue weighted by atomic mass is 9.86. The summed E-state index contributed by atoms with van der Waals surface area (Å²) in [6.07, 6.45) is -5.38. The Labute approximate surface area is 205 Å². The zero-order chi connectivity index (χ0) is 26.9. The molecule has 1 aromatic rings. The van der Waals surface area contributed by atoms with Crippen LogP contribution in [0.3, 0.4) is 0 Å². The van der Waals surface area contributed by atoms with E-state index in [1.54, 1.807) is 0 Å². The highest BCUT2D eigenvalue weighted by Gasteiger charge is 2.40. The van der Waals surface area contributed by atoms with Crippen molar-refractivity contribution in [2.75, 3.05) is 14.2 Å². The van der Waals surface area contributed by atoms with Gasteiger partial charge in [-0.05, 0) is 62.3 Å². The Bertz CT molecular complexity index is 1130. The molecule has 0 aromatic heterocycles. The van der Waals surface area contributed by atoms with Crippen molar-refractivity contribution in [2.45, 2.75) is 74.3 Å². The summed E-state index contributed by atoms with van der Waals surface area (Å²) in [7, 11) is -2.30.